The zero-order valence-corrected chi connectivity index (χ0v) is 28.6. The van der Waals surface area contributed by atoms with Crippen LogP contribution >= 0.6 is 0 Å². The van der Waals surface area contributed by atoms with Crippen LogP contribution in [0.2, 0.25) is 0 Å². The van der Waals surface area contributed by atoms with E-state index in [-0.39, 0.29) is 17.8 Å². The molecular formula is C37H46N6O6. The van der Waals surface area contributed by atoms with Gasteiger partial charge in [-0.05, 0) is 63.2 Å². The maximum absolute atomic E-state index is 13.6. The molecule has 260 valence electrons. The highest BCUT2D eigenvalue weighted by Crippen LogP contribution is 2.23. The van der Waals surface area contributed by atoms with Crippen molar-refractivity contribution in [1.29, 1.82) is 0 Å². The highest BCUT2D eigenvalue weighted by Gasteiger charge is 2.25. The highest BCUT2D eigenvalue weighted by atomic mass is 16.7. The molecule has 1 unspecified atom stereocenters. The Bertz CT molecular complexity index is 1600. The molecule has 1 atom stereocenters. The number of carbonyl (C=O) groups is 3. The Labute approximate surface area is 288 Å². The van der Waals surface area contributed by atoms with Crippen molar-refractivity contribution in [3.63, 3.8) is 0 Å². The number of urea groups is 1. The van der Waals surface area contributed by atoms with Crippen LogP contribution in [0.4, 0.5) is 21.0 Å². The van der Waals surface area contributed by atoms with Crippen molar-refractivity contribution in [1.82, 2.24) is 20.0 Å². The van der Waals surface area contributed by atoms with E-state index in [0.29, 0.717) is 36.4 Å². The van der Waals surface area contributed by atoms with Crippen LogP contribution in [0.25, 0.3) is 0 Å². The van der Waals surface area contributed by atoms with Gasteiger partial charge in [-0.15, -0.1) is 0 Å². The molecule has 0 aliphatic carbocycles. The summed E-state index contributed by atoms with van der Waals surface area (Å²) in [4.78, 5) is 45.5. The first kappa shape index (κ1) is 35.2. The van der Waals surface area contributed by atoms with Crippen LogP contribution in [-0.4, -0.2) is 90.9 Å². The second kappa shape index (κ2) is 16.4. The fourth-order valence-electron chi connectivity index (χ4n) is 5.35. The molecule has 4 amide bonds. The number of benzene rings is 3. The molecule has 0 aromatic heterocycles. The molecule has 12 nitrogen and oxygen atoms in total. The average molecular weight is 671 g/mol. The summed E-state index contributed by atoms with van der Waals surface area (Å²) in [5, 5.41) is 8.43. The summed E-state index contributed by atoms with van der Waals surface area (Å²) < 4.78 is 16.9. The van der Waals surface area contributed by atoms with Gasteiger partial charge in [0, 0.05) is 57.8 Å². The fraction of sp³-hybridized carbons (Fsp3) is 0.378. The van der Waals surface area contributed by atoms with E-state index >= 15 is 0 Å². The van der Waals surface area contributed by atoms with Crippen LogP contribution in [0.3, 0.4) is 0 Å². The van der Waals surface area contributed by atoms with E-state index in [9.17, 15) is 14.4 Å². The first-order chi connectivity index (χ1) is 23.5. The number of hydrogen-bond acceptors (Lipinski definition) is 8. The third kappa shape index (κ3) is 11.0. The molecule has 1 saturated heterocycles. The zero-order chi connectivity index (χ0) is 34.8. The number of nitrogens with one attached hydrogen (secondary N) is 3. The van der Waals surface area contributed by atoms with Gasteiger partial charge < -0.3 is 29.3 Å². The normalized spacial score (nSPS) is 16.5. The summed E-state index contributed by atoms with van der Waals surface area (Å²) in [6, 6.07) is 23.6. The summed E-state index contributed by atoms with van der Waals surface area (Å²) in [6.45, 7) is 10.7. The van der Waals surface area contributed by atoms with E-state index in [0.717, 1.165) is 43.9 Å². The number of carbonyl (C=O) groups excluding carboxylic acids is 3. The van der Waals surface area contributed by atoms with E-state index < -0.39 is 18.0 Å². The van der Waals surface area contributed by atoms with Crippen LogP contribution in [0.1, 0.15) is 42.3 Å². The molecule has 49 heavy (non-hydrogen) atoms. The monoisotopic (exact) mass is 670 g/mol. The first-order valence-corrected chi connectivity index (χ1v) is 16.5. The summed E-state index contributed by atoms with van der Waals surface area (Å²) in [5.41, 5.74) is 2.55. The number of amides is 4. The van der Waals surface area contributed by atoms with Crippen molar-refractivity contribution >= 4 is 29.4 Å². The number of anilines is 2. The zero-order valence-electron chi connectivity index (χ0n) is 28.6. The van der Waals surface area contributed by atoms with Gasteiger partial charge >= 0.3 is 12.1 Å². The van der Waals surface area contributed by atoms with Crippen molar-refractivity contribution in [2.75, 3.05) is 56.9 Å². The first-order valence-electron chi connectivity index (χ1n) is 16.5. The van der Waals surface area contributed by atoms with Gasteiger partial charge in [-0.1, -0.05) is 54.6 Å². The number of nitrogens with zero attached hydrogens (tertiary/aromatic N) is 3. The van der Waals surface area contributed by atoms with Crippen LogP contribution in [0.15, 0.2) is 91.0 Å². The average Bonchev–Trinajstić information content (AvgIpc) is 3.50. The van der Waals surface area contributed by atoms with Gasteiger partial charge in [0.25, 0.3) is 5.91 Å². The standard InChI is InChI=1S/C37H46N6O6/c1-37(2,3)49-36(46)39-31-13-9-8-12-30(31)38-34(44)29-16-14-28(15-17-29)25-43(23-22-42-20-18-41(4)19-21-42)35(45)40-32-26-47-33(48-32)24-27-10-6-5-7-11-27/h5-17,26,33H,18-25H2,1-4H3,(H,38,44)(H,39,46)(H,40,45). The summed E-state index contributed by atoms with van der Waals surface area (Å²) in [7, 11) is 2.11. The molecule has 3 N–H and O–H groups in total. The minimum absolute atomic E-state index is 0.268. The molecule has 12 heteroatoms. The van der Waals surface area contributed by atoms with Gasteiger partial charge in [0.1, 0.15) is 11.9 Å². The fourth-order valence-corrected chi connectivity index (χ4v) is 5.35. The van der Waals surface area contributed by atoms with Crippen LogP contribution in [-0.2, 0) is 27.2 Å². The predicted molar refractivity (Wildman–Crippen MR) is 188 cm³/mol. The lowest BCUT2D eigenvalue weighted by Gasteiger charge is -2.34. The second-order valence-electron chi connectivity index (χ2n) is 13.2. The Morgan fingerprint density at radius 3 is 2.16 bits per heavy atom. The van der Waals surface area contributed by atoms with Gasteiger partial charge in [-0.25, -0.2) is 9.59 Å². The Balaban J connectivity index is 1.20. The van der Waals surface area contributed by atoms with Gasteiger partial charge in [-0.2, -0.15) is 0 Å². The SMILES string of the molecule is CN1CCN(CCN(Cc2ccc(C(=O)Nc3ccccc3NC(=O)OC(C)(C)C)cc2)C(=O)NC2=COC(Cc3ccccc3)O2)CC1. The molecule has 5 rings (SSSR count). The molecule has 0 radical (unpaired) electrons. The molecule has 0 bridgehead atoms. The number of ether oxygens (including phenoxy) is 3. The molecule has 3 aromatic carbocycles. The predicted octanol–water partition coefficient (Wildman–Crippen LogP) is 5.46. The summed E-state index contributed by atoms with van der Waals surface area (Å²) in [5.74, 6) is -0.0750. The topological polar surface area (TPSA) is 125 Å². The van der Waals surface area contributed by atoms with Crippen molar-refractivity contribution in [3.8, 4) is 0 Å². The molecule has 3 aromatic rings. The van der Waals surface area contributed by atoms with Crippen molar-refractivity contribution < 1.29 is 28.6 Å². The maximum Gasteiger partial charge on any atom is 0.412 e. The van der Waals surface area contributed by atoms with E-state index in [1.165, 1.54) is 6.26 Å². The number of para-hydroxylation sites is 2. The smallest absolute Gasteiger partial charge is 0.412 e. The number of rotatable bonds is 11. The Morgan fingerprint density at radius 2 is 1.49 bits per heavy atom. The van der Waals surface area contributed by atoms with Crippen molar-refractivity contribution in [3.05, 3.63) is 108 Å². The molecular weight excluding hydrogens is 624 g/mol. The van der Waals surface area contributed by atoms with Crippen molar-refractivity contribution in [2.24, 2.45) is 0 Å². The van der Waals surface area contributed by atoms with Gasteiger partial charge in [0.2, 0.25) is 12.2 Å². The van der Waals surface area contributed by atoms with E-state index in [2.05, 4.69) is 32.8 Å². The molecule has 2 aliphatic rings. The minimum atomic E-state index is -0.660. The lowest BCUT2D eigenvalue weighted by Crippen LogP contribution is -2.48. The summed E-state index contributed by atoms with van der Waals surface area (Å²) >= 11 is 0. The van der Waals surface area contributed by atoms with Crippen LogP contribution in [0, 0.1) is 0 Å². The maximum atomic E-state index is 13.6. The number of likely N-dealkylation sites (N-methyl/N-ethyl adjacent to an activating group) is 1. The third-order valence-electron chi connectivity index (χ3n) is 8.03. The Morgan fingerprint density at radius 1 is 0.837 bits per heavy atom. The lowest BCUT2D eigenvalue weighted by molar-refractivity contribution is -0.0330. The van der Waals surface area contributed by atoms with Gasteiger partial charge in [-0.3, -0.25) is 20.3 Å². The largest absolute Gasteiger partial charge is 0.457 e. The van der Waals surface area contributed by atoms with E-state index in [4.69, 9.17) is 14.2 Å². The minimum Gasteiger partial charge on any atom is -0.457 e. The molecule has 0 saturated carbocycles. The second-order valence-corrected chi connectivity index (χ2v) is 13.2. The number of piperazine rings is 1. The van der Waals surface area contributed by atoms with Gasteiger partial charge in [0.15, 0.2) is 0 Å². The lowest BCUT2D eigenvalue weighted by atomic mass is 10.1. The number of hydrogen-bond donors (Lipinski definition) is 3. The van der Waals surface area contributed by atoms with Crippen molar-refractivity contribution in [2.45, 2.75) is 45.6 Å². The molecule has 2 aliphatic heterocycles. The molecule has 1 fully saturated rings. The highest BCUT2D eigenvalue weighted by molar-refractivity contribution is 6.06. The quantitative estimate of drug-likeness (QED) is 0.246. The Kier molecular flexibility index (Phi) is 11.8. The van der Waals surface area contributed by atoms with Crippen LogP contribution < -0.4 is 16.0 Å². The van der Waals surface area contributed by atoms with Gasteiger partial charge in [0.05, 0.1) is 11.4 Å². The van der Waals surface area contributed by atoms with E-state index in [1.54, 1.807) is 62.1 Å². The Hall–Kier alpha value is -5.07. The van der Waals surface area contributed by atoms with E-state index in [1.807, 2.05) is 42.5 Å². The summed E-state index contributed by atoms with van der Waals surface area (Å²) in [6.07, 6.45) is 0.860. The molecule has 0 spiro atoms. The third-order valence-corrected chi connectivity index (χ3v) is 8.03. The molecule has 2 heterocycles. The van der Waals surface area contributed by atoms with Crippen LogP contribution in [0.5, 0.6) is 0 Å².